The Morgan fingerprint density at radius 1 is 1.07 bits per heavy atom. The highest BCUT2D eigenvalue weighted by molar-refractivity contribution is 7.22. The van der Waals surface area contributed by atoms with Gasteiger partial charge < -0.3 is 24.4 Å². The molecule has 0 radical (unpaired) electrons. The van der Waals surface area contributed by atoms with E-state index in [1.807, 2.05) is 43.3 Å². The van der Waals surface area contributed by atoms with Crippen molar-refractivity contribution in [1.82, 2.24) is 10.3 Å². The molecule has 5 rings (SSSR count). The number of nitrogens with zero attached hydrogens (tertiary/aromatic N) is 2. The normalized spacial score (nSPS) is 17.0. The smallest absolute Gasteiger partial charge is 0.251 e. The molecule has 1 amide bonds. The molecule has 1 atom stereocenters. The number of carbonyl (C=O) groups excluding carboxylic acids is 1. The van der Waals surface area contributed by atoms with Crippen molar-refractivity contribution in [2.75, 3.05) is 44.4 Å². The summed E-state index contributed by atoms with van der Waals surface area (Å²) >= 11 is 1.61. The predicted molar refractivity (Wildman–Crippen MR) is 116 cm³/mol. The third kappa shape index (κ3) is 3.80. The van der Waals surface area contributed by atoms with Gasteiger partial charge in [0.05, 0.1) is 29.5 Å². The maximum atomic E-state index is 12.9. The second kappa shape index (κ2) is 8.12. The summed E-state index contributed by atoms with van der Waals surface area (Å²) in [5.41, 5.74) is 2.52. The van der Waals surface area contributed by atoms with E-state index in [4.69, 9.17) is 19.2 Å². The molecule has 0 bridgehead atoms. The molecule has 1 aromatic heterocycles. The van der Waals surface area contributed by atoms with Crippen molar-refractivity contribution < 1.29 is 19.0 Å². The van der Waals surface area contributed by atoms with E-state index in [1.54, 1.807) is 11.3 Å². The van der Waals surface area contributed by atoms with Gasteiger partial charge in [0.1, 0.15) is 13.2 Å². The minimum absolute atomic E-state index is 0.111. The van der Waals surface area contributed by atoms with Crippen LogP contribution in [0.25, 0.3) is 10.2 Å². The molecule has 3 heterocycles. The van der Waals surface area contributed by atoms with E-state index in [0.717, 1.165) is 58.7 Å². The maximum absolute atomic E-state index is 12.9. The fourth-order valence-corrected chi connectivity index (χ4v) is 4.69. The summed E-state index contributed by atoms with van der Waals surface area (Å²) in [7, 11) is 0. The molecule has 0 aliphatic carbocycles. The second-order valence-electron chi connectivity index (χ2n) is 7.38. The molecule has 7 nitrogen and oxygen atoms in total. The number of hydrogen-bond acceptors (Lipinski definition) is 7. The van der Waals surface area contributed by atoms with E-state index >= 15 is 0 Å². The van der Waals surface area contributed by atoms with Crippen LogP contribution in [0.15, 0.2) is 36.4 Å². The molecule has 0 saturated carbocycles. The van der Waals surface area contributed by atoms with E-state index in [-0.39, 0.29) is 11.9 Å². The van der Waals surface area contributed by atoms with Crippen molar-refractivity contribution in [1.29, 1.82) is 0 Å². The lowest BCUT2D eigenvalue weighted by Crippen LogP contribution is -2.36. The number of thiazole rings is 1. The Kier molecular flexibility index (Phi) is 5.18. The lowest BCUT2D eigenvalue weighted by molar-refractivity contribution is 0.0940. The van der Waals surface area contributed by atoms with Crippen molar-refractivity contribution >= 4 is 32.6 Å². The Morgan fingerprint density at radius 2 is 1.87 bits per heavy atom. The molecule has 30 heavy (non-hydrogen) atoms. The summed E-state index contributed by atoms with van der Waals surface area (Å²) in [5.74, 6) is 1.36. The summed E-state index contributed by atoms with van der Waals surface area (Å²) in [5, 5.41) is 4.06. The SMILES string of the molecule is CC(NC(=O)c1ccc2nc(N3CCOCC3)sc2c1)c1ccc2c(c1)OCCO2. The molecule has 1 N–H and O–H groups in total. The average Bonchev–Trinajstić information content (AvgIpc) is 3.23. The minimum Gasteiger partial charge on any atom is -0.486 e. The maximum Gasteiger partial charge on any atom is 0.251 e. The van der Waals surface area contributed by atoms with Crippen molar-refractivity contribution in [2.45, 2.75) is 13.0 Å². The van der Waals surface area contributed by atoms with Crippen LogP contribution in [-0.4, -0.2) is 50.4 Å². The predicted octanol–water partition coefficient (Wildman–Crippen LogP) is 3.40. The molecule has 1 saturated heterocycles. The van der Waals surface area contributed by atoms with Crippen LogP contribution in [0.1, 0.15) is 28.9 Å². The van der Waals surface area contributed by atoms with Gasteiger partial charge in [-0.25, -0.2) is 4.98 Å². The number of fused-ring (bicyclic) bond motifs is 2. The number of rotatable bonds is 4. The molecule has 156 valence electrons. The van der Waals surface area contributed by atoms with Crippen molar-refractivity contribution in [3.05, 3.63) is 47.5 Å². The number of aromatic nitrogens is 1. The highest BCUT2D eigenvalue weighted by Gasteiger charge is 2.19. The summed E-state index contributed by atoms with van der Waals surface area (Å²) in [6.45, 7) is 6.21. The molecule has 2 aliphatic heterocycles. The Hall–Kier alpha value is -2.84. The molecule has 1 unspecified atom stereocenters. The second-order valence-corrected chi connectivity index (χ2v) is 8.39. The number of hydrogen-bond donors (Lipinski definition) is 1. The summed E-state index contributed by atoms with van der Waals surface area (Å²) in [4.78, 5) is 19.8. The van der Waals surface area contributed by atoms with E-state index in [1.165, 1.54) is 0 Å². The largest absolute Gasteiger partial charge is 0.486 e. The molecule has 8 heteroatoms. The van der Waals surface area contributed by atoms with Crippen molar-refractivity contribution in [2.24, 2.45) is 0 Å². The van der Waals surface area contributed by atoms with Gasteiger partial charge in [-0.1, -0.05) is 17.4 Å². The first kappa shape index (κ1) is 19.1. The number of anilines is 1. The fraction of sp³-hybridized carbons (Fsp3) is 0.364. The Labute approximate surface area is 178 Å². The Balaban J connectivity index is 1.31. The van der Waals surface area contributed by atoms with Crippen LogP contribution in [0, 0.1) is 0 Å². The monoisotopic (exact) mass is 425 g/mol. The van der Waals surface area contributed by atoms with Gasteiger partial charge in [-0.15, -0.1) is 0 Å². The molecule has 1 fully saturated rings. The Bertz CT molecular complexity index is 1080. The van der Waals surface area contributed by atoms with Crippen molar-refractivity contribution in [3.8, 4) is 11.5 Å². The summed E-state index contributed by atoms with van der Waals surface area (Å²) in [6.07, 6.45) is 0. The number of morpholine rings is 1. The van der Waals surface area contributed by atoms with Crippen molar-refractivity contribution in [3.63, 3.8) is 0 Å². The first-order chi connectivity index (χ1) is 14.7. The van der Waals surface area contributed by atoms with Crippen LogP contribution in [0.4, 0.5) is 5.13 Å². The minimum atomic E-state index is -0.158. The third-order valence-electron chi connectivity index (χ3n) is 5.33. The topological polar surface area (TPSA) is 72.9 Å². The molecular weight excluding hydrogens is 402 g/mol. The summed E-state index contributed by atoms with van der Waals surface area (Å²) < 4.78 is 17.6. The van der Waals surface area contributed by atoms with Gasteiger partial charge in [0.2, 0.25) is 0 Å². The summed E-state index contributed by atoms with van der Waals surface area (Å²) in [6, 6.07) is 11.3. The number of amides is 1. The highest BCUT2D eigenvalue weighted by atomic mass is 32.1. The molecule has 2 aromatic carbocycles. The van der Waals surface area contributed by atoms with E-state index < -0.39 is 0 Å². The van der Waals surface area contributed by atoms with Crippen LogP contribution >= 0.6 is 11.3 Å². The third-order valence-corrected chi connectivity index (χ3v) is 6.41. The first-order valence-electron chi connectivity index (χ1n) is 10.1. The lowest BCUT2D eigenvalue weighted by atomic mass is 10.1. The van der Waals surface area contributed by atoms with Gasteiger partial charge in [0.25, 0.3) is 5.91 Å². The zero-order valence-electron chi connectivity index (χ0n) is 16.7. The number of benzene rings is 2. The van der Waals surface area contributed by atoms with Gasteiger partial charge >= 0.3 is 0 Å². The van der Waals surface area contributed by atoms with Gasteiger partial charge in [-0.05, 0) is 42.8 Å². The highest BCUT2D eigenvalue weighted by Crippen LogP contribution is 2.33. The van der Waals surface area contributed by atoms with Gasteiger partial charge in [-0.3, -0.25) is 4.79 Å². The molecule has 3 aromatic rings. The average molecular weight is 426 g/mol. The van der Waals surface area contributed by atoms with Crippen LogP contribution in [0.3, 0.4) is 0 Å². The quantitative estimate of drug-likeness (QED) is 0.691. The van der Waals surface area contributed by atoms with Gasteiger partial charge in [0.15, 0.2) is 16.6 Å². The van der Waals surface area contributed by atoms with E-state index in [0.29, 0.717) is 18.8 Å². The van der Waals surface area contributed by atoms with E-state index in [9.17, 15) is 4.79 Å². The number of carbonyl (C=O) groups is 1. The van der Waals surface area contributed by atoms with E-state index in [2.05, 4.69) is 10.2 Å². The standard InChI is InChI=1S/C22H23N3O4S/c1-14(15-3-5-18-19(12-15)29-11-10-28-18)23-21(26)16-2-4-17-20(13-16)30-22(24-17)25-6-8-27-9-7-25/h2-5,12-14H,6-11H2,1H3,(H,23,26). The zero-order valence-corrected chi connectivity index (χ0v) is 17.5. The number of ether oxygens (including phenoxy) is 3. The fourth-order valence-electron chi connectivity index (χ4n) is 3.64. The molecule has 0 spiro atoms. The Morgan fingerprint density at radius 3 is 2.70 bits per heavy atom. The molecular formula is C22H23N3O4S. The first-order valence-corrected chi connectivity index (χ1v) is 10.9. The van der Waals surface area contributed by atoms with Gasteiger partial charge in [-0.2, -0.15) is 0 Å². The van der Waals surface area contributed by atoms with Crippen LogP contribution in [0.2, 0.25) is 0 Å². The van der Waals surface area contributed by atoms with Gasteiger partial charge in [0, 0.05) is 18.7 Å². The molecule has 2 aliphatic rings. The lowest BCUT2D eigenvalue weighted by Gasteiger charge is -2.25. The van der Waals surface area contributed by atoms with Crippen LogP contribution in [0.5, 0.6) is 11.5 Å². The van der Waals surface area contributed by atoms with Crippen LogP contribution < -0.4 is 19.7 Å². The zero-order chi connectivity index (χ0) is 20.5. The number of nitrogens with one attached hydrogen (secondary N) is 1. The van der Waals surface area contributed by atoms with Crippen LogP contribution in [-0.2, 0) is 4.74 Å².